The van der Waals surface area contributed by atoms with E-state index in [1.165, 1.54) is 16.8 Å². The molecule has 2 aromatic heterocycles. The maximum absolute atomic E-state index is 13.5. The lowest BCUT2D eigenvalue weighted by Gasteiger charge is -2.23. The summed E-state index contributed by atoms with van der Waals surface area (Å²) in [4.78, 5) is 11.3. The van der Waals surface area contributed by atoms with Crippen molar-refractivity contribution in [2.45, 2.75) is 57.9 Å². The minimum absolute atomic E-state index is 0.0865. The van der Waals surface area contributed by atoms with Crippen molar-refractivity contribution in [1.82, 2.24) is 25.0 Å². The van der Waals surface area contributed by atoms with Gasteiger partial charge in [0.2, 0.25) is 0 Å². The van der Waals surface area contributed by atoms with Crippen LogP contribution < -0.4 is 4.90 Å². The highest BCUT2D eigenvalue weighted by Gasteiger charge is 2.36. The van der Waals surface area contributed by atoms with Crippen molar-refractivity contribution in [2.24, 2.45) is 0 Å². The summed E-state index contributed by atoms with van der Waals surface area (Å²) < 4.78 is 41.7. The predicted octanol–water partition coefficient (Wildman–Crippen LogP) is 3.55. The topological polar surface area (TPSA) is 80.0 Å². The highest BCUT2D eigenvalue weighted by Crippen LogP contribution is 2.34. The standard InChI is InChI=1S/C21H25F3N6O/c1-19(2,3)18-25-16(29-10-9-20(4,31)12-29)15-17(26-18)30(28-27-15)11-13-7-5-6-8-14(13)21(22,23)24/h5-8,31H,9-12H2,1-4H3. The van der Waals surface area contributed by atoms with Crippen LogP contribution in [0.2, 0.25) is 0 Å². The number of hydrogen-bond donors (Lipinski definition) is 1. The quantitative estimate of drug-likeness (QED) is 0.679. The Morgan fingerprint density at radius 1 is 1.13 bits per heavy atom. The maximum atomic E-state index is 13.5. The molecule has 166 valence electrons. The Balaban J connectivity index is 1.83. The summed E-state index contributed by atoms with van der Waals surface area (Å²) in [6.07, 6.45) is -3.89. The molecule has 0 saturated carbocycles. The van der Waals surface area contributed by atoms with Gasteiger partial charge in [-0.15, -0.1) is 5.10 Å². The fraction of sp³-hybridized carbons (Fsp3) is 0.524. The average molecular weight is 434 g/mol. The molecule has 1 atom stereocenters. The van der Waals surface area contributed by atoms with E-state index in [9.17, 15) is 18.3 Å². The summed E-state index contributed by atoms with van der Waals surface area (Å²) in [6.45, 7) is 8.51. The average Bonchev–Trinajstić information content (AvgIpc) is 3.23. The van der Waals surface area contributed by atoms with Crippen LogP contribution in [-0.4, -0.2) is 48.8 Å². The second kappa shape index (κ2) is 7.15. The first-order valence-corrected chi connectivity index (χ1v) is 10.1. The van der Waals surface area contributed by atoms with Crippen LogP contribution in [-0.2, 0) is 18.1 Å². The van der Waals surface area contributed by atoms with E-state index in [0.29, 0.717) is 42.3 Å². The molecule has 1 fully saturated rings. The van der Waals surface area contributed by atoms with Crippen LogP contribution in [0.25, 0.3) is 11.2 Å². The number of fused-ring (bicyclic) bond motifs is 1. The Morgan fingerprint density at radius 2 is 1.84 bits per heavy atom. The lowest BCUT2D eigenvalue weighted by Crippen LogP contribution is -2.31. The molecule has 1 saturated heterocycles. The molecule has 1 aromatic carbocycles. The Morgan fingerprint density at radius 3 is 2.45 bits per heavy atom. The third kappa shape index (κ3) is 4.21. The van der Waals surface area contributed by atoms with Gasteiger partial charge in [0.15, 0.2) is 17.0 Å². The first-order chi connectivity index (χ1) is 14.4. The summed E-state index contributed by atoms with van der Waals surface area (Å²) >= 11 is 0. The van der Waals surface area contributed by atoms with Crippen LogP contribution in [0, 0.1) is 0 Å². The molecule has 0 bridgehead atoms. The normalized spacial score (nSPS) is 20.1. The zero-order valence-corrected chi connectivity index (χ0v) is 17.9. The Hall–Kier alpha value is -2.75. The summed E-state index contributed by atoms with van der Waals surface area (Å²) in [7, 11) is 0. The first-order valence-electron chi connectivity index (χ1n) is 10.1. The van der Waals surface area contributed by atoms with Crippen LogP contribution in [0.3, 0.4) is 0 Å². The summed E-state index contributed by atoms with van der Waals surface area (Å²) in [5, 5.41) is 18.7. The number of anilines is 1. The number of alkyl halides is 3. The van der Waals surface area contributed by atoms with Gasteiger partial charge >= 0.3 is 6.18 Å². The molecular formula is C21H25F3N6O. The zero-order valence-electron chi connectivity index (χ0n) is 17.9. The van der Waals surface area contributed by atoms with E-state index in [2.05, 4.69) is 15.3 Å². The van der Waals surface area contributed by atoms with Crippen molar-refractivity contribution in [3.63, 3.8) is 0 Å². The molecule has 3 aromatic rings. The van der Waals surface area contributed by atoms with Crippen LogP contribution in [0.5, 0.6) is 0 Å². The predicted molar refractivity (Wildman–Crippen MR) is 110 cm³/mol. The first kappa shape index (κ1) is 21.5. The van der Waals surface area contributed by atoms with E-state index < -0.39 is 22.8 Å². The number of nitrogens with zero attached hydrogens (tertiary/aromatic N) is 6. The van der Waals surface area contributed by atoms with Crippen LogP contribution >= 0.6 is 0 Å². The molecular weight excluding hydrogens is 409 g/mol. The largest absolute Gasteiger partial charge is 0.416 e. The Bertz CT molecular complexity index is 1120. The van der Waals surface area contributed by atoms with Crippen molar-refractivity contribution >= 4 is 17.0 Å². The van der Waals surface area contributed by atoms with Gasteiger partial charge < -0.3 is 10.0 Å². The third-order valence-corrected chi connectivity index (χ3v) is 5.41. The van der Waals surface area contributed by atoms with Crippen LogP contribution in [0.4, 0.5) is 19.0 Å². The molecule has 1 N–H and O–H groups in total. The number of aliphatic hydroxyl groups is 1. The molecule has 1 aliphatic heterocycles. The van der Waals surface area contributed by atoms with Gasteiger partial charge in [0.25, 0.3) is 0 Å². The summed E-state index contributed by atoms with van der Waals surface area (Å²) in [6, 6.07) is 5.42. The highest BCUT2D eigenvalue weighted by molar-refractivity contribution is 5.83. The second-order valence-electron chi connectivity index (χ2n) is 9.36. The highest BCUT2D eigenvalue weighted by atomic mass is 19.4. The van der Waals surface area contributed by atoms with Crippen molar-refractivity contribution < 1.29 is 18.3 Å². The SMILES string of the molecule is CC1(O)CCN(c2nc(C(C)(C)C)nc3c2nnn3Cc2ccccc2C(F)(F)F)C1. The zero-order chi connectivity index (χ0) is 22.6. The van der Waals surface area contributed by atoms with Gasteiger partial charge in [-0.2, -0.15) is 13.2 Å². The number of hydrogen-bond acceptors (Lipinski definition) is 6. The fourth-order valence-corrected chi connectivity index (χ4v) is 3.73. The Labute approximate surface area is 177 Å². The molecule has 7 nitrogen and oxygen atoms in total. The molecule has 0 amide bonds. The number of β-amino-alcohol motifs (C(OH)–C–C–N with tert-alkyl or cyclic N) is 1. The third-order valence-electron chi connectivity index (χ3n) is 5.41. The van der Waals surface area contributed by atoms with E-state index >= 15 is 0 Å². The monoisotopic (exact) mass is 434 g/mol. The van der Waals surface area contributed by atoms with Gasteiger partial charge in [0, 0.05) is 18.5 Å². The molecule has 0 radical (unpaired) electrons. The molecule has 0 spiro atoms. The van der Waals surface area contributed by atoms with E-state index in [0.717, 1.165) is 6.07 Å². The molecule has 1 aliphatic rings. The lowest BCUT2D eigenvalue weighted by atomic mass is 9.96. The number of aromatic nitrogens is 5. The smallest absolute Gasteiger partial charge is 0.388 e. The van der Waals surface area contributed by atoms with Gasteiger partial charge in [-0.05, 0) is 25.0 Å². The summed E-state index contributed by atoms with van der Waals surface area (Å²) in [5.74, 6) is 1.08. The van der Waals surface area contributed by atoms with E-state index in [1.807, 2.05) is 25.7 Å². The molecule has 1 unspecified atom stereocenters. The summed E-state index contributed by atoms with van der Waals surface area (Å²) in [5.41, 5.74) is -1.08. The Kier molecular flexibility index (Phi) is 4.95. The van der Waals surface area contributed by atoms with Gasteiger partial charge in [-0.25, -0.2) is 14.6 Å². The van der Waals surface area contributed by atoms with Crippen LogP contribution in [0.15, 0.2) is 24.3 Å². The number of benzene rings is 1. The van der Waals surface area contributed by atoms with Crippen molar-refractivity contribution in [2.75, 3.05) is 18.0 Å². The van der Waals surface area contributed by atoms with Crippen molar-refractivity contribution in [3.8, 4) is 0 Å². The van der Waals surface area contributed by atoms with Gasteiger partial charge in [-0.3, -0.25) is 0 Å². The van der Waals surface area contributed by atoms with E-state index in [1.54, 1.807) is 13.0 Å². The molecule has 3 heterocycles. The molecule has 0 aliphatic carbocycles. The second-order valence-corrected chi connectivity index (χ2v) is 9.36. The van der Waals surface area contributed by atoms with E-state index in [4.69, 9.17) is 4.98 Å². The van der Waals surface area contributed by atoms with Gasteiger partial charge in [-0.1, -0.05) is 44.2 Å². The molecule has 10 heteroatoms. The molecule has 4 rings (SSSR count). The van der Waals surface area contributed by atoms with E-state index in [-0.39, 0.29) is 12.1 Å². The van der Waals surface area contributed by atoms with Gasteiger partial charge in [0.05, 0.1) is 17.7 Å². The number of halogens is 3. The molecule has 31 heavy (non-hydrogen) atoms. The fourth-order valence-electron chi connectivity index (χ4n) is 3.73. The maximum Gasteiger partial charge on any atom is 0.416 e. The van der Waals surface area contributed by atoms with Gasteiger partial charge in [0.1, 0.15) is 5.82 Å². The number of rotatable bonds is 3. The minimum Gasteiger partial charge on any atom is -0.388 e. The van der Waals surface area contributed by atoms with Crippen molar-refractivity contribution in [1.29, 1.82) is 0 Å². The van der Waals surface area contributed by atoms with Crippen LogP contribution in [0.1, 0.15) is 51.1 Å². The van der Waals surface area contributed by atoms with Crippen molar-refractivity contribution in [3.05, 3.63) is 41.2 Å². The minimum atomic E-state index is -4.47. The lowest BCUT2D eigenvalue weighted by molar-refractivity contribution is -0.138.